The summed E-state index contributed by atoms with van der Waals surface area (Å²) in [6.07, 6.45) is 0.908. The van der Waals surface area contributed by atoms with Crippen LogP contribution in [0.15, 0.2) is 66.7 Å². The van der Waals surface area contributed by atoms with Gasteiger partial charge in [0.25, 0.3) is 0 Å². The van der Waals surface area contributed by atoms with Crippen molar-refractivity contribution < 1.29 is 14.6 Å². The van der Waals surface area contributed by atoms with Crippen LogP contribution >= 0.6 is 0 Å². The third-order valence-electron chi connectivity index (χ3n) is 6.55. The highest BCUT2D eigenvalue weighted by molar-refractivity contribution is 6.10. The molecule has 0 aliphatic heterocycles. The zero-order valence-corrected chi connectivity index (χ0v) is 22.0. The molecule has 0 amide bonds. The van der Waals surface area contributed by atoms with Crippen molar-refractivity contribution in [3.63, 3.8) is 0 Å². The van der Waals surface area contributed by atoms with Gasteiger partial charge in [-0.05, 0) is 61.2 Å². The number of nitrogens with one attached hydrogen (secondary N) is 1. The van der Waals surface area contributed by atoms with Gasteiger partial charge in [-0.3, -0.25) is 0 Å². The number of aliphatic hydroxyl groups excluding tert-OH is 1. The van der Waals surface area contributed by atoms with E-state index in [-0.39, 0.29) is 12.5 Å². The van der Waals surface area contributed by atoms with E-state index in [2.05, 4.69) is 41.9 Å². The minimum absolute atomic E-state index is 0.0347. The lowest BCUT2D eigenvalue weighted by atomic mass is 10.1. The molecule has 2 N–H and O–H groups in total. The second-order valence-corrected chi connectivity index (χ2v) is 9.98. The number of benzene rings is 3. The summed E-state index contributed by atoms with van der Waals surface area (Å²) in [5, 5.41) is 22.2. The van der Waals surface area contributed by atoms with Gasteiger partial charge in [0.15, 0.2) is 0 Å². The molecule has 3 aromatic carbocycles. The van der Waals surface area contributed by atoms with Crippen LogP contribution in [0.5, 0.6) is 11.5 Å². The first kappa shape index (κ1) is 26.4. The molecule has 0 aliphatic rings. The van der Waals surface area contributed by atoms with Gasteiger partial charge in [-0.2, -0.15) is 5.26 Å². The fourth-order valence-corrected chi connectivity index (χ4v) is 4.64. The number of aliphatic hydroxyl groups is 1. The van der Waals surface area contributed by atoms with Crippen LogP contribution in [0.1, 0.15) is 33.6 Å². The molecule has 1 aromatic heterocycles. The number of nitriles is 1. The Morgan fingerprint density at radius 1 is 0.946 bits per heavy atom. The number of hydrogen-bond acceptors (Lipinski definition) is 5. The summed E-state index contributed by atoms with van der Waals surface area (Å²) in [5.74, 6) is 2.03. The Morgan fingerprint density at radius 3 is 2.43 bits per heavy atom. The average Bonchev–Trinajstić information content (AvgIpc) is 3.29. The Kier molecular flexibility index (Phi) is 8.92. The summed E-state index contributed by atoms with van der Waals surface area (Å²) in [4.78, 5) is 5.63. The summed E-state index contributed by atoms with van der Waals surface area (Å²) in [5.41, 5.74) is 3.12. The fourth-order valence-electron chi connectivity index (χ4n) is 4.64. The van der Waals surface area contributed by atoms with Crippen LogP contribution in [-0.4, -0.2) is 42.5 Å². The molecule has 6 nitrogen and oxygen atoms in total. The molecule has 4 aromatic rings. The maximum atomic E-state index is 10.9. The van der Waals surface area contributed by atoms with Crippen molar-refractivity contribution in [3.05, 3.63) is 66.7 Å². The van der Waals surface area contributed by atoms with Crippen molar-refractivity contribution in [1.82, 2.24) is 4.98 Å². The molecule has 0 radical (unpaired) electrons. The maximum Gasteiger partial charge on any atom is 0.129 e. The predicted octanol–water partition coefficient (Wildman–Crippen LogP) is 6.54. The minimum atomic E-state index is -0.660. The molecule has 0 saturated carbocycles. The number of aromatic amines is 1. The van der Waals surface area contributed by atoms with Crippen LogP contribution in [0, 0.1) is 23.2 Å². The highest BCUT2D eigenvalue weighted by Crippen LogP contribution is 2.33. The van der Waals surface area contributed by atoms with E-state index in [0.29, 0.717) is 19.1 Å². The number of hydrogen-bond donors (Lipinski definition) is 2. The molecule has 4 rings (SSSR count). The van der Waals surface area contributed by atoms with E-state index in [4.69, 9.17) is 14.7 Å². The Balaban J connectivity index is 1.39. The van der Waals surface area contributed by atoms with Crippen LogP contribution in [-0.2, 0) is 0 Å². The number of para-hydroxylation sites is 1. The molecule has 0 spiro atoms. The first-order valence-electron chi connectivity index (χ1n) is 13.2. The quantitative estimate of drug-likeness (QED) is 0.218. The van der Waals surface area contributed by atoms with Crippen molar-refractivity contribution in [3.8, 4) is 17.6 Å². The standard InChI is InChI=1S/C31H37N3O3/c1-4-23(18-32)16-17-36-26-14-12-24(13-15-26)34(19-22(2)3)20-25(35)21-37-30-11-7-10-29-31(30)27-8-5-6-9-28(27)33-29/h5-15,22-23,25,33,35H,4,16-17,19-21H2,1-3H3/t23?,25-/m0/s1. The van der Waals surface area contributed by atoms with E-state index in [1.165, 1.54) is 0 Å². The highest BCUT2D eigenvalue weighted by atomic mass is 16.5. The van der Waals surface area contributed by atoms with Crippen molar-refractivity contribution in [1.29, 1.82) is 5.26 Å². The molecular formula is C31H37N3O3. The van der Waals surface area contributed by atoms with Gasteiger partial charge < -0.3 is 24.5 Å². The Morgan fingerprint density at radius 2 is 1.70 bits per heavy atom. The number of fused-ring (bicyclic) bond motifs is 3. The molecule has 6 heteroatoms. The predicted molar refractivity (Wildman–Crippen MR) is 150 cm³/mol. The zero-order valence-electron chi connectivity index (χ0n) is 22.0. The van der Waals surface area contributed by atoms with E-state index in [9.17, 15) is 5.11 Å². The van der Waals surface area contributed by atoms with Crippen molar-refractivity contribution in [2.24, 2.45) is 11.8 Å². The zero-order chi connectivity index (χ0) is 26.2. The summed E-state index contributed by atoms with van der Waals surface area (Å²) in [6, 6.07) is 24.4. The van der Waals surface area contributed by atoms with Gasteiger partial charge >= 0.3 is 0 Å². The first-order chi connectivity index (χ1) is 18.0. The third-order valence-corrected chi connectivity index (χ3v) is 6.55. The van der Waals surface area contributed by atoms with Gasteiger partial charge in [-0.25, -0.2) is 0 Å². The lowest BCUT2D eigenvalue weighted by Gasteiger charge is -2.29. The third kappa shape index (κ3) is 6.75. The van der Waals surface area contributed by atoms with Gasteiger partial charge in [-0.1, -0.05) is 45.0 Å². The molecule has 194 valence electrons. The lowest BCUT2D eigenvalue weighted by Crippen LogP contribution is -2.37. The summed E-state index contributed by atoms with van der Waals surface area (Å²) < 4.78 is 12.0. The van der Waals surface area contributed by atoms with Crippen molar-refractivity contribution in [2.75, 3.05) is 31.2 Å². The Hall–Kier alpha value is -3.69. The van der Waals surface area contributed by atoms with Crippen LogP contribution in [0.3, 0.4) is 0 Å². The minimum Gasteiger partial charge on any atom is -0.494 e. The molecule has 37 heavy (non-hydrogen) atoms. The second kappa shape index (κ2) is 12.5. The van der Waals surface area contributed by atoms with E-state index in [1.807, 2.05) is 61.5 Å². The first-order valence-corrected chi connectivity index (χ1v) is 13.2. The van der Waals surface area contributed by atoms with E-state index >= 15 is 0 Å². The Labute approximate surface area is 219 Å². The number of aromatic nitrogens is 1. The number of nitrogens with zero attached hydrogens (tertiary/aromatic N) is 2. The Bertz CT molecular complexity index is 1320. The van der Waals surface area contributed by atoms with Gasteiger partial charge in [0.1, 0.15) is 24.2 Å². The average molecular weight is 500 g/mol. The molecule has 2 atom stereocenters. The molecule has 1 heterocycles. The van der Waals surface area contributed by atoms with E-state index in [0.717, 1.165) is 58.4 Å². The van der Waals surface area contributed by atoms with Gasteiger partial charge in [-0.15, -0.1) is 0 Å². The van der Waals surface area contributed by atoms with Crippen molar-refractivity contribution >= 4 is 27.5 Å². The van der Waals surface area contributed by atoms with Crippen LogP contribution in [0.4, 0.5) is 5.69 Å². The summed E-state index contributed by atoms with van der Waals surface area (Å²) in [7, 11) is 0. The number of rotatable bonds is 13. The van der Waals surface area contributed by atoms with Crippen LogP contribution in [0.2, 0.25) is 0 Å². The molecule has 1 unspecified atom stereocenters. The van der Waals surface area contributed by atoms with E-state index < -0.39 is 6.10 Å². The normalized spacial score (nSPS) is 13.0. The summed E-state index contributed by atoms with van der Waals surface area (Å²) in [6.45, 7) is 8.37. The molecule has 0 fully saturated rings. The van der Waals surface area contributed by atoms with Gasteiger partial charge in [0.2, 0.25) is 0 Å². The number of anilines is 1. The van der Waals surface area contributed by atoms with Crippen molar-refractivity contribution in [2.45, 2.75) is 39.7 Å². The van der Waals surface area contributed by atoms with Crippen LogP contribution < -0.4 is 14.4 Å². The smallest absolute Gasteiger partial charge is 0.129 e. The monoisotopic (exact) mass is 499 g/mol. The topological polar surface area (TPSA) is 81.5 Å². The summed E-state index contributed by atoms with van der Waals surface area (Å²) >= 11 is 0. The molecular weight excluding hydrogens is 462 g/mol. The van der Waals surface area contributed by atoms with Gasteiger partial charge in [0, 0.05) is 41.0 Å². The fraction of sp³-hybridized carbons (Fsp3) is 0.387. The van der Waals surface area contributed by atoms with Gasteiger partial charge in [0.05, 0.1) is 18.2 Å². The van der Waals surface area contributed by atoms with Crippen LogP contribution in [0.25, 0.3) is 21.8 Å². The largest absolute Gasteiger partial charge is 0.494 e. The van der Waals surface area contributed by atoms with E-state index in [1.54, 1.807) is 0 Å². The lowest BCUT2D eigenvalue weighted by molar-refractivity contribution is 0.112. The number of H-pyrrole nitrogens is 1. The molecule has 0 saturated heterocycles. The maximum absolute atomic E-state index is 10.9. The molecule has 0 bridgehead atoms. The second-order valence-electron chi connectivity index (χ2n) is 9.98. The highest BCUT2D eigenvalue weighted by Gasteiger charge is 2.17. The molecule has 0 aliphatic carbocycles. The number of ether oxygens (including phenoxy) is 2. The SMILES string of the molecule is CCC(C#N)CCOc1ccc(N(CC(C)C)C[C@H](O)COc2cccc3[nH]c4ccccc4c23)cc1.